The van der Waals surface area contributed by atoms with Gasteiger partial charge in [0.15, 0.2) is 0 Å². The molecular formula is C17H22N4O. The summed E-state index contributed by atoms with van der Waals surface area (Å²) in [7, 11) is 0. The molecule has 116 valence electrons. The lowest BCUT2D eigenvalue weighted by Gasteiger charge is -2.25. The minimum Gasteiger partial charge on any atom is -0.358 e. The van der Waals surface area contributed by atoms with E-state index in [2.05, 4.69) is 15.3 Å². The van der Waals surface area contributed by atoms with Crippen LogP contribution >= 0.6 is 0 Å². The number of amides is 1. The van der Waals surface area contributed by atoms with E-state index in [4.69, 9.17) is 0 Å². The van der Waals surface area contributed by atoms with E-state index in [1.165, 1.54) is 19.2 Å². The molecule has 1 aromatic carbocycles. The van der Waals surface area contributed by atoms with Crippen LogP contribution in [0.1, 0.15) is 32.6 Å². The van der Waals surface area contributed by atoms with Gasteiger partial charge in [0, 0.05) is 18.5 Å². The fraction of sp³-hybridized carbons (Fsp3) is 0.471. The summed E-state index contributed by atoms with van der Waals surface area (Å²) in [5.41, 5.74) is 0.884. The molecule has 5 heteroatoms. The minimum absolute atomic E-state index is 0.157. The van der Waals surface area contributed by atoms with Gasteiger partial charge in [0.2, 0.25) is 5.91 Å². The number of aromatic nitrogens is 2. The molecule has 1 aliphatic rings. The number of hydrogen-bond acceptors (Lipinski definition) is 4. The van der Waals surface area contributed by atoms with Crippen molar-refractivity contribution >= 4 is 22.6 Å². The third-order valence-electron chi connectivity index (χ3n) is 4.18. The van der Waals surface area contributed by atoms with Crippen molar-refractivity contribution in [3.05, 3.63) is 30.6 Å². The highest BCUT2D eigenvalue weighted by atomic mass is 16.2. The number of likely N-dealkylation sites (tertiary alicyclic amines) is 1. The summed E-state index contributed by atoms with van der Waals surface area (Å²) in [6.45, 7) is 3.65. The zero-order valence-electron chi connectivity index (χ0n) is 13.0. The maximum atomic E-state index is 12.6. The number of nitrogens with one attached hydrogen (secondary N) is 1. The highest BCUT2D eigenvalue weighted by Gasteiger charge is 2.22. The first-order valence-corrected chi connectivity index (χ1v) is 8.01. The molecule has 1 aliphatic heterocycles. The van der Waals surface area contributed by atoms with Gasteiger partial charge in [-0.3, -0.25) is 4.79 Å². The van der Waals surface area contributed by atoms with Gasteiger partial charge >= 0.3 is 0 Å². The molecule has 1 saturated heterocycles. The molecule has 2 aromatic rings. The number of carbonyl (C=O) groups excluding carboxylic acids is 1. The van der Waals surface area contributed by atoms with Crippen molar-refractivity contribution in [2.75, 3.05) is 18.4 Å². The molecule has 0 aliphatic carbocycles. The molecule has 1 fully saturated rings. The Morgan fingerprint density at radius 2 is 1.86 bits per heavy atom. The Morgan fingerprint density at radius 3 is 2.64 bits per heavy atom. The van der Waals surface area contributed by atoms with E-state index in [1.807, 2.05) is 36.1 Å². The number of carbonyl (C=O) groups is 1. The van der Waals surface area contributed by atoms with E-state index in [0.717, 1.165) is 42.7 Å². The van der Waals surface area contributed by atoms with E-state index >= 15 is 0 Å². The standard InChI is InChI=1S/C17H22N4O/c1-13(17(22)21-10-6-2-3-7-11-21)20-16-14-8-4-5-9-15(14)18-12-19-16/h4-5,8-9,12-13H,2-3,6-7,10-11H2,1H3,(H,18,19,20). The highest BCUT2D eigenvalue weighted by molar-refractivity contribution is 5.91. The number of fused-ring (bicyclic) bond motifs is 1. The Kier molecular flexibility index (Phi) is 4.51. The lowest BCUT2D eigenvalue weighted by atomic mass is 10.2. The van der Waals surface area contributed by atoms with Crippen LogP contribution in [0, 0.1) is 0 Å². The highest BCUT2D eigenvalue weighted by Crippen LogP contribution is 2.20. The zero-order chi connectivity index (χ0) is 15.4. The molecule has 1 amide bonds. The van der Waals surface area contributed by atoms with Gasteiger partial charge in [-0.05, 0) is 31.9 Å². The summed E-state index contributed by atoms with van der Waals surface area (Å²) in [4.78, 5) is 23.1. The molecule has 0 spiro atoms. The fourth-order valence-electron chi connectivity index (χ4n) is 2.95. The average molecular weight is 298 g/mol. The summed E-state index contributed by atoms with van der Waals surface area (Å²) < 4.78 is 0. The van der Waals surface area contributed by atoms with Crippen LogP contribution in [-0.2, 0) is 4.79 Å². The molecule has 22 heavy (non-hydrogen) atoms. The Morgan fingerprint density at radius 1 is 1.14 bits per heavy atom. The van der Waals surface area contributed by atoms with Crippen LogP contribution in [0.3, 0.4) is 0 Å². The van der Waals surface area contributed by atoms with E-state index in [9.17, 15) is 4.79 Å². The van der Waals surface area contributed by atoms with Gasteiger partial charge in [0.25, 0.3) is 0 Å². The van der Waals surface area contributed by atoms with Crippen molar-refractivity contribution < 1.29 is 4.79 Å². The molecule has 0 radical (unpaired) electrons. The minimum atomic E-state index is -0.281. The third kappa shape index (κ3) is 3.18. The molecular weight excluding hydrogens is 276 g/mol. The largest absolute Gasteiger partial charge is 0.358 e. The van der Waals surface area contributed by atoms with Crippen LogP contribution in [0.5, 0.6) is 0 Å². The van der Waals surface area contributed by atoms with Gasteiger partial charge in [-0.25, -0.2) is 9.97 Å². The Balaban J connectivity index is 1.74. The SMILES string of the molecule is CC(Nc1ncnc2ccccc12)C(=O)N1CCCCCC1. The van der Waals surface area contributed by atoms with Crippen LogP contribution in [0.4, 0.5) is 5.82 Å². The van der Waals surface area contributed by atoms with Gasteiger partial charge in [-0.2, -0.15) is 0 Å². The van der Waals surface area contributed by atoms with Crippen molar-refractivity contribution in [3.63, 3.8) is 0 Å². The first kappa shape index (κ1) is 14.8. The Hall–Kier alpha value is -2.17. The summed E-state index contributed by atoms with van der Waals surface area (Å²) in [5.74, 6) is 0.880. The number of hydrogen-bond donors (Lipinski definition) is 1. The fourth-order valence-corrected chi connectivity index (χ4v) is 2.95. The van der Waals surface area contributed by atoms with Gasteiger partial charge in [-0.15, -0.1) is 0 Å². The lowest BCUT2D eigenvalue weighted by Crippen LogP contribution is -2.42. The third-order valence-corrected chi connectivity index (χ3v) is 4.18. The van der Waals surface area contributed by atoms with Crippen molar-refractivity contribution in [1.82, 2.24) is 14.9 Å². The van der Waals surface area contributed by atoms with Crippen LogP contribution < -0.4 is 5.32 Å². The van der Waals surface area contributed by atoms with Gasteiger partial charge in [-0.1, -0.05) is 25.0 Å². The molecule has 3 rings (SSSR count). The smallest absolute Gasteiger partial charge is 0.244 e. The second-order valence-electron chi connectivity index (χ2n) is 5.84. The maximum absolute atomic E-state index is 12.6. The summed E-state index contributed by atoms with van der Waals surface area (Å²) in [6.07, 6.45) is 6.20. The normalized spacial score (nSPS) is 17.0. The van der Waals surface area contributed by atoms with E-state index in [-0.39, 0.29) is 11.9 Å². The van der Waals surface area contributed by atoms with Gasteiger partial charge in [0.1, 0.15) is 18.2 Å². The first-order valence-electron chi connectivity index (χ1n) is 8.01. The summed E-state index contributed by atoms with van der Waals surface area (Å²) >= 11 is 0. The second-order valence-corrected chi connectivity index (χ2v) is 5.84. The zero-order valence-corrected chi connectivity index (χ0v) is 13.0. The van der Waals surface area contributed by atoms with Gasteiger partial charge in [0.05, 0.1) is 5.52 Å². The maximum Gasteiger partial charge on any atom is 0.244 e. The number of benzene rings is 1. The number of rotatable bonds is 3. The molecule has 2 heterocycles. The molecule has 1 aromatic heterocycles. The molecule has 1 atom stereocenters. The average Bonchev–Trinajstić information content (AvgIpc) is 2.83. The van der Waals surface area contributed by atoms with Crippen LogP contribution in [0.25, 0.3) is 10.9 Å². The van der Waals surface area contributed by atoms with Crippen molar-refractivity contribution in [2.24, 2.45) is 0 Å². The van der Waals surface area contributed by atoms with E-state index < -0.39 is 0 Å². The van der Waals surface area contributed by atoms with Gasteiger partial charge < -0.3 is 10.2 Å². The summed E-state index contributed by atoms with van der Waals surface area (Å²) in [6, 6.07) is 7.55. The summed E-state index contributed by atoms with van der Waals surface area (Å²) in [5, 5.41) is 4.20. The lowest BCUT2D eigenvalue weighted by molar-refractivity contribution is -0.131. The number of para-hydroxylation sites is 1. The molecule has 1 N–H and O–H groups in total. The van der Waals surface area contributed by atoms with Crippen molar-refractivity contribution in [1.29, 1.82) is 0 Å². The van der Waals surface area contributed by atoms with E-state index in [1.54, 1.807) is 0 Å². The molecule has 1 unspecified atom stereocenters. The quantitative estimate of drug-likeness (QED) is 0.946. The topological polar surface area (TPSA) is 58.1 Å². The predicted molar refractivity (Wildman–Crippen MR) is 87.7 cm³/mol. The Labute approximate surface area is 130 Å². The predicted octanol–water partition coefficient (Wildman–Crippen LogP) is 2.83. The Bertz CT molecular complexity index is 645. The number of nitrogens with zero attached hydrogens (tertiary/aromatic N) is 3. The molecule has 5 nitrogen and oxygen atoms in total. The monoisotopic (exact) mass is 298 g/mol. The number of anilines is 1. The first-order chi connectivity index (χ1) is 10.8. The van der Waals surface area contributed by atoms with Crippen LogP contribution in [0.2, 0.25) is 0 Å². The van der Waals surface area contributed by atoms with Crippen LogP contribution in [-0.4, -0.2) is 39.9 Å². The molecule has 0 saturated carbocycles. The second kappa shape index (κ2) is 6.73. The molecule has 0 bridgehead atoms. The van der Waals surface area contributed by atoms with Crippen LogP contribution in [0.15, 0.2) is 30.6 Å². The van der Waals surface area contributed by atoms with E-state index in [0.29, 0.717) is 0 Å². The van der Waals surface area contributed by atoms with Crippen molar-refractivity contribution in [2.45, 2.75) is 38.6 Å². The van der Waals surface area contributed by atoms with Crippen molar-refractivity contribution in [3.8, 4) is 0 Å².